The zero-order valence-electron chi connectivity index (χ0n) is 19.7. The number of aromatic nitrogens is 4. The van der Waals surface area contributed by atoms with E-state index in [0.717, 1.165) is 16.8 Å². The van der Waals surface area contributed by atoms with Crippen molar-refractivity contribution in [1.29, 1.82) is 5.26 Å². The number of amides is 1. The molecule has 1 atom stereocenters. The number of carbonyl (C=O) groups is 1. The molecule has 4 rings (SSSR count). The third-order valence-corrected chi connectivity index (χ3v) is 5.88. The number of nitrogens with one attached hydrogen (secondary N) is 3. The molecular weight excluding hydrogens is 432 g/mol. The van der Waals surface area contributed by atoms with E-state index < -0.39 is 5.41 Å². The summed E-state index contributed by atoms with van der Waals surface area (Å²) < 4.78 is 1.73. The van der Waals surface area contributed by atoms with Crippen molar-refractivity contribution in [3.63, 3.8) is 0 Å². The van der Waals surface area contributed by atoms with Crippen LogP contribution in [-0.4, -0.2) is 51.0 Å². The van der Waals surface area contributed by atoms with Crippen LogP contribution in [0.4, 0.5) is 17.5 Å². The van der Waals surface area contributed by atoms with Gasteiger partial charge in [-0.15, -0.1) is 0 Å². The summed E-state index contributed by atoms with van der Waals surface area (Å²) in [4.78, 5) is 21.1. The van der Waals surface area contributed by atoms with Crippen LogP contribution in [0.2, 0.25) is 0 Å². The van der Waals surface area contributed by atoms with Crippen molar-refractivity contribution < 1.29 is 9.90 Å². The summed E-state index contributed by atoms with van der Waals surface area (Å²) in [6.45, 7) is 7.23. The zero-order valence-corrected chi connectivity index (χ0v) is 19.7. The maximum atomic E-state index is 12.1. The van der Waals surface area contributed by atoms with Gasteiger partial charge in [-0.2, -0.15) is 10.4 Å². The molecule has 1 aliphatic rings. The number of nitriles is 1. The fraction of sp³-hybridized carbons (Fsp3) is 0.375. The molecule has 0 fully saturated rings. The summed E-state index contributed by atoms with van der Waals surface area (Å²) in [6.07, 6.45) is 1.64. The number of aliphatic hydroxyl groups is 1. The van der Waals surface area contributed by atoms with Crippen molar-refractivity contribution in [3.05, 3.63) is 47.3 Å². The first-order valence-corrected chi connectivity index (χ1v) is 11.1. The van der Waals surface area contributed by atoms with Crippen molar-refractivity contribution in [2.75, 3.05) is 30.8 Å². The predicted octanol–water partition coefficient (Wildman–Crippen LogP) is 2.65. The van der Waals surface area contributed by atoms with Crippen LogP contribution in [0.5, 0.6) is 0 Å². The normalized spacial score (nSPS) is 16.6. The largest absolute Gasteiger partial charge is 0.395 e. The lowest BCUT2D eigenvalue weighted by atomic mass is 9.83. The van der Waals surface area contributed by atoms with Crippen LogP contribution in [0.1, 0.15) is 42.4 Å². The lowest BCUT2D eigenvalue weighted by Crippen LogP contribution is -2.28. The standard InChI is InChI=1S/C24H28N8O2/c1-14(2)11-32-20(9-19(31-32)22(34)26-4)30-23-27-6-5-18(29-23)15-7-16(10-25)21-17(8-15)24(3,13-33)12-28-21/h5-9,14,28,33H,11-13H2,1-4H3,(H,26,34)(H,27,29,30). The fourth-order valence-corrected chi connectivity index (χ4v) is 4.00. The second kappa shape index (κ2) is 9.11. The van der Waals surface area contributed by atoms with Crippen molar-refractivity contribution >= 4 is 23.4 Å². The van der Waals surface area contributed by atoms with Gasteiger partial charge in [0.25, 0.3) is 5.91 Å². The van der Waals surface area contributed by atoms with Gasteiger partial charge in [-0.05, 0) is 29.7 Å². The monoisotopic (exact) mass is 460 g/mol. The molecule has 2 aromatic heterocycles. The van der Waals surface area contributed by atoms with Crippen LogP contribution in [0, 0.1) is 17.2 Å². The number of aliphatic hydroxyl groups excluding tert-OH is 1. The van der Waals surface area contributed by atoms with E-state index in [0.29, 0.717) is 47.7 Å². The number of fused-ring (bicyclic) bond motifs is 1. The molecule has 176 valence electrons. The molecule has 10 heteroatoms. The molecule has 3 heterocycles. The lowest BCUT2D eigenvalue weighted by Gasteiger charge is -2.21. The van der Waals surface area contributed by atoms with E-state index in [1.54, 1.807) is 36.1 Å². The van der Waals surface area contributed by atoms with Crippen molar-refractivity contribution in [3.8, 4) is 17.3 Å². The fourth-order valence-electron chi connectivity index (χ4n) is 4.00. The molecule has 0 aliphatic carbocycles. The minimum Gasteiger partial charge on any atom is -0.395 e. The first kappa shape index (κ1) is 23.2. The van der Waals surface area contributed by atoms with Gasteiger partial charge in [0.1, 0.15) is 11.9 Å². The summed E-state index contributed by atoms with van der Waals surface area (Å²) in [5.41, 5.74) is 3.36. The number of carbonyl (C=O) groups excluding carboxylic acids is 1. The molecule has 0 bridgehead atoms. The molecule has 1 aromatic carbocycles. The van der Waals surface area contributed by atoms with Crippen LogP contribution < -0.4 is 16.0 Å². The maximum Gasteiger partial charge on any atom is 0.271 e. The Kier molecular flexibility index (Phi) is 6.22. The van der Waals surface area contributed by atoms with Gasteiger partial charge in [-0.3, -0.25) is 4.79 Å². The molecule has 0 saturated carbocycles. The summed E-state index contributed by atoms with van der Waals surface area (Å²) in [6, 6.07) is 9.43. The van der Waals surface area contributed by atoms with E-state index in [4.69, 9.17) is 0 Å². The minimum absolute atomic E-state index is 0.0363. The average molecular weight is 461 g/mol. The number of benzene rings is 1. The second-order valence-electron chi connectivity index (χ2n) is 9.09. The highest BCUT2D eigenvalue weighted by molar-refractivity contribution is 5.93. The third-order valence-electron chi connectivity index (χ3n) is 5.88. The van der Waals surface area contributed by atoms with Gasteiger partial charge >= 0.3 is 0 Å². The van der Waals surface area contributed by atoms with Gasteiger partial charge < -0.3 is 21.1 Å². The summed E-state index contributed by atoms with van der Waals surface area (Å²) in [5, 5.41) is 33.1. The van der Waals surface area contributed by atoms with E-state index in [-0.39, 0.29) is 12.5 Å². The van der Waals surface area contributed by atoms with Gasteiger partial charge in [-0.25, -0.2) is 14.6 Å². The molecule has 10 nitrogen and oxygen atoms in total. The topological polar surface area (TPSA) is 141 Å². The van der Waals surface area contributed by atoms with Gasteiger partial charge in [-0.1, -0.05) is 20.8 Å². The number of hydrogen-bond donors (Lipinski definition) is 4. The molecule has 1 aliphatic heterocycles. The van der Waals surface area contributed by atoms with Gasteiger partial charge in [0.2, 0.25) is 5.95 Å². The molecular formula is C24H28N8O2. The summed E-state index contributed by atoms with van der Waals surface area (Å²) in [5.74, 6) is 0.986. The summed E-state index contributed by atoms with van der Waals surface area (Å²) >= 11 is 0. The Bertz CT molecular complexity index is 1280. The Morgan fingerprint density at radius 1 is 1.38 bits per heavy atom. The first-order valence-electron chi connectivity index (χ1n) is 11.1. The highest BCUT2D eigenvalue weighted by atomic mass is 16.3. The van der Waals surface area contributed by atoms with Crippen LogP contribution in [0.3, 0.4) is 0 Å². The van der Waals surface area contributed by atoms with E-state index in [1.165, 1.54) is 0 Å². The Morgan fingerprint density at radius 2 is 2.18 bits per heavy atom. The smallest absolute Gasteiger partial charge is 0.271 e. The average Bonchev–Trinajstić information content (AvgIpc) is 3.39. The molecule has 34 heavy (non-hydrogen) atoms. The first-order chi connectivity index (χ1) is 16.3. The van der Waals surface area contributed by atoms with E-state index in [2.05, 4.69) is 50.9 Å². The van der Waals surface area contributed by atoms with Crippen molar-refractivity contribution in [1.82, 2.24) is 25.1 Å². The Balaban J connectivity index is 1.71. The zero-order chi connectivity index (χ0) is 24.5. The number of hydrogen-bond acceptors (Lipinski definition) is 8. The number of nitrogens with zero attached hydrogens (tertiary/aromatic N) is 5. The van der Waals surface area contributed by atoms with E-state index in [1.807, 2.05) is 13.0 Å². The highest BCUT2D eigenvalue weighted by Crippen LogP contribution is 2.41. The quantitative estimate of drug-likeness (QED) is 0.422. The van der Waals surface area contributed by atoms with Crippen LogP contribution in [0.25, 0.3) is 11.3 Å². The van der Waals surface area contributed by atoms with Crippen LogP contribution in [-0.2, 0) is 12.0 Å². The minimum atomic E-state index is -0.481. The van der Waals surface area contributed by atoms with Crippen LogP contribution in [0.15, 0.2) is 30.5 Å². The third kappa shape index (κ3) is 4.30. The molecule has 0 saturated heterocycles. The SMILES string of the molecule is CNC(=O)c1cc(Nc2nccc(-c3cc(C#N)c4c(c3)C(C)(CO)CN4)n2)n(CC(C)C)n1. The Morgan fingerprint density at radius 3 is 2.85 bits per heavy atom. The van der Waals surface area contributed by atoms with Crippen molar-refractivity contribution in [2.24, 2.45) is 5.92 Å². The van der Waals surface area contributed by atoms with Crippen molar-refractivity contribution in [2.45, 2.75) is 32.7 Å². The molecule has 3 aromatic rings. The van der Waals surface area contributed by atoms with Crippen LogP contribution >= 0.6 is 0 Å². The summed E-state index contributed by atoms with van der Waals surface area (Å²) in [7, 11) is 1.56. The molecule has 1 unspecified atom stereocenters. The Hall–Kier alpha value is -3.97. The predicted molar refractivity (Wildman–Crippen MR) is 129 cm³/mol. The second-order valence-corrected chi connectivity index (χ2v) is 9.09. The molecule has 4 N–H and O–H groups in total. The Labute approximate surface area is 198 Å². The van der Waals surface area contributed by atoms with Gasteiger partial charge in [0, 0.05) is 43.4 Å². The number of anilines is 3. The van der Waals surface area contributed by atoms with Gasteiger partial charge in [0.15, 0.2) is 5.69 Å². The maximum absolute atomic E-state index is 12.1. The number of rotatable bonds is 7. The highest BCUT2D eigenvalue weighted by Gasteiger charge is 2.36. The van der Waals surface area contributed by atoms with Gasteiger partial charge in [0.05, 0.1) is 23.6 Å². The molecule has 0 radical (unpaired) electrons. The molecule has 0 spiro atoms. The lowest BCUT2D eigenvalue weighted by molar-refractivity contribution is 0.0957. The van der Waals surface area contributed by atoms with E-state index >= 15 is 0 Å². The molecule has 1 amide bonds. The van der Waals surface area contributed by atoms with E-state index in [9.17, 15) is 15.2 Å².